The van der Waals surface area contributed by atoms with E-state index in [2.05, 4.69) is 5.32 Å². The van der Waals surface area contributed by atoms with Crippen molar-refractivity contribution in [1.82, 2.24) is 0 Å². The molecule has 0 amide bonds. The summed E-state index contributed by atoms with van der Waals surface area (Å²) in [5.41, 5.74) is -0.286. The molecular formula is C8H8F3NO. The molecule has 13 heavy (non-hydrogen) atoms. The van der Waals surface area contributed by atoms with Gasteiger partial charge in [0, 0.05) is 18.7 Å². The highest BCUT2D eigenvalue weighted by molar-refractivity contribution is 5.45. The number of nitrogens with one attached hydrogen (secondary N) is 1. The summed E-state index contributed by atoms with van der Waals surface area (Å²) in [6.07, 6.45) is 0. The predicted molar refractivity (Wildman–Crippen MR) is 41.9 cm³/mol. The maximum Gasteiger partial charge on any atom is 0.182 e. The maximum atomic E-state index is 12.8. The molecular weight excluding hydrogens is 183 g/mol. The Balaban J connectivity index is 2.92. The van der Waals surface area contributed by atoms with Crippen LogP contribution in [0.3, 0.4) is 0 Å². The third-order valence-corrected chi connectivity index (χ3v) is 1.42. The Morgan fingerprint density at radius 1 is 1.23 bits per heavy atom. The largest absolute Gasteiger partial charge is 0.395 e. The SMILES string of the molecule is OCCNc1cc(F)cc(F)c1F. The van der Waals surface area contributed by atoms with E-state index in [0.29, 0.717) is 6.07 Å². The average Bonchev–Trinajstić information content (AvgIpc) is 2.09. The lowest BCUT2D eigenvalue weighted by Crippen LogP contribution is -2.08. The van der Waals surface area contributed by atoms with Gasteiger partial charge in [-0.25, -0.2) is 13.2 Å². The van der Waals surface area contributed by atoms with Crippen molar-refractivity contribution >= 4 is 5.69 Å². The van der Waals surface area contributed by atoms with Crippen molar-refractivity contribution in [3.8, 4) is 0 Å². The van der Waals surface area contributed by atoms with Crippen LogP contribution in [0.15, 0.2) is 12.1 Å². The van der Waals surface area contributed by atoms with Crippen LogP contribution in [0.4, 0.5) is 18.9 Å². The Kier molecular flexibility index (Phi) is 3.13. The first kappa shape index (κ1) is 9.85. The van der Waals surface area contributed by atoms with Gasteiger partial charge < -0.3 is 10.4 Å². The van der Waals surface area contributed by atoms with Crippen molar-refractivity contribution in [2.75, 3.05) is 18.5 Å². The smallest absolute Gasteiger partial charge is 0.182 e. The summed E-state index contributed by atoms with van der Waals surface area (Å²) in [6.45, 7) is -0.197. The van der Waals surface area contributed by atoms with Gasteiger partial charge in [0.15, 0.2) is 11.6 Å². The fraction of sp³-hybridized carbons (Fsp3) is 0.250. The first-order valence-corrected chi connectivity index (χ1v) is 3.64. The van der Waals surface area contributed by atoms with Crippen molar-refractivity contribution in [2.24, 2.45) is 0 Å². The van der Waals surface area contributed by atoms with Crippen LogP contribution in [0.1, 0.15) is 0 Å². The van der Waals surface area contributed by atoms with Crippen LogP contribution in [-0.4, -0.2) is 18.3 Å². The lowest BCUT2D eigenvalue weighted by atomic mass is 10.3. The molecule has 0 heterocycles. The van der Waals surface area contributed by atoms with Crippen LogP contribution >= 0.6 is 0 Å². The van der Waals surface area contributed by atoms with E-state index in [-0.39, 0.29) is 18.8 Å². The van der Waals surface area contributed by atoms with E-state index in [0.717, 1.165) is 6.07 Å². The number of aliphatic hydroxyl groups is 1. The molecule has 0 saturated heterocycles. The zero-order valence-corrected chi connectivity index (χ0v) is 6.65. The summed E-state index contributed by atoms with van der Waals surface area (Å²) >= 11 is 0. The standard InChI is InChI=1S/C8H8F3NO/c9-5-3-6(10)8(11)7(4-5)12-1-2-13/h3-4,12-13H,1-2H2. The quantitative estimate of drug-likeness (QED) is 0.710. The van der Waals surface area contributed by atoms with Crippen molar-refractivity contribution < 1.29 is 18.3 Å². The number of aliphatic hydroxyl groups excluding tert-OH is 1. The molecule has 0 aliphatic heterocycles. The average molecular weight is 191 g/mol. The molecule has 2 nitrogen and oxygen atoms in total. The molecule has 1 rings (SSSR count). The van der Waals surface area contributed by atoms with Gasteiger partial charge in [-0.2, -0.15) is 0 Å². The van der Waals surface area contributed by atoms with Gasteiger partial charge in [0.2, 0.25) is 0 Å². The van der Waals surface area contributed by atoms with Gasteiger partial charge in [0.25, 0.3) is 0 Å². The Hall–Kier alpha value is -1.23. The zero-order valence-electron chi connectivity index (χ0n) is 6.65. The second kappa shape index (κ2) is 4.13. The minimum absolute atomic E-state index is 0.0415. The van der Waals surface area contributed by atoms with Crippen LogP contribution < -0.4 is 5.32 Å². The topological polar surface area (TPSA) is 32.3 Å². The maximum absolute atomic E-state index is 12.8. The molecule has 0 fully saturated rings. The van der Waals surface area contributed by atoms with Crippen LogP contribution in [0, 0.1) is 17.5 Å². The minimum Gasteiger partial charge on any atom is -0.395 e. The zero-order chi connectivity index (χ0) is 9.84. The molecule has 2 N–H and O–H groups in total. The van der Waals surface area contributed by atoms with Crippen molar-refractivity contribution in [2.45, 2.75) is 0 Å². The molecule has 5 heteroatoms. The number of rotatable bonds is 3. The number of hydrogen-bond donors (Lipinski definition) is 2. The Morgan fingerprint density at radius 2 is 1.92 bits per heavy atom. The monoisotopic (exact) mass is 191 g/mol. The van der Waals surface area contributed by atoms with Gasteiger partial charge in [-0.1, -0.05) is 0 Å². The van der Waals surface area contributed by atoms with E-state index < -0.39 is 17.5 Å². The van der Waals surface area contributed by atoms with Gasteiger partial charge in [-0.15, -0.1) is 0 Å². The van der Waals surface area contributed by atoms with Gasteiger partial charge in [0.05, 0.1) is 12.3 Å². The van der Waals surface area contributed by atoms with Gasteiger partial charge >= 0.3 is 0 Å². The number of halogens is 3. The van der Waals surface area contributed by atoms with E-state index in [1.54, 1.807) is 0 Å². The fourth-order valence-electron chi connectivity index (χ4n) is 0.875. The molecule has 0 aliphatic rings. The molecule has 0 aromatic heterocycles. The Labute approximate surface area is 73.0 Å². The van der Waals surface area contributed by atoms with Crippen LogP contribution in [0.25, 0.3) is 0 Å². The minimum atomic E-state index is -1.25. The second-order valence-corrected chi connectivity index (χ2v) is 2.40. The molecule has 0 saturated carbocycles. The molecule has 1 aromatic rings. The van der Waals surface area contributed by atoms with Gasteiger partial charge in [-0.3, -0.25) is 0 Å². The molecule has 0 spiro atoms. The van der Waals surface area contributed by atoms with E-state index >= 15 is 0 Å². The van der Waals surface area contributed by atoms with E-state index in [9.17, 15) is 13.2 Å². The first-order valence-electron chi connectivity index (χ1n) is 3.64. The Morgan fingerprint density at radius 3 is 2.54 bits per heavy atom. The van der Waals surface area contributed by atoms with Crippen molar-refractivity contribution in [3.05, 3.63) is 29.6 Å². The summed E-state index contributed by atoms with van der Waals surface area (Å²) in [5, 5.41) is 10.7. The normalized spacial score (nSPS) is 10.2. The first-order chi connectivity index (χ1) is 6.15. The van der Waals surface area contributed by atoms with E-state index in [1.807, 2.05) is 0 Å². The highest BCUT2D eigenvalue weighted by atomic mass is 19.2. The van der Waals surface area contributed by atoms with Crippen molar-refractivity contribution in [3.63, 3.8) is 0 Å². The summed E-state index contributed by atoms with van der Waals surface area (Å²) in [5.74, 6) is -3.25. The third kappa shape index (κ3) is 2.35. The number of benzene rings is 1. The Bertz CT molecular complexity index is 304. The predicted octanol–water partition coefficient (Wildman–Crippen LogP) is 1.51. The molecule has 0 atom stereocenters. The van der Waals surface area contributed by atoms with E-state index in [1.165, 1.54) is 0 Å². The number of anilines is 1. The fourth-order valence-corrected chi connectivity index (χ4v) is 0.875. The van der Waals surface area contributed by atoms with Crippen LogP contribution in [-0.2, 0) is 0 Å². The summed E-state index contributed by atoms with van der Waals surface area (Å²) < 4.78 is 37.9. The molecule has 0 aliphatic carbocycles. The highest BCUT2D eigenvalue weighted by Crippen LogP contribution is 2.18. The lowest BCUT2D eigenvalue weighted by Gasteiger charge is -2.05. The molecule has 0 radical (unpaired) electrons. The van der Waals surface area contributed by atoms with Crippen molar-refractivity contribution in [1.29, 1.82) is 0 Å². The lowest BCUT2D eigenvalue weighted by molar-refractivity contribution is 0.311. The summed E-state index contributed by atoms with van der Waals surface area (Å²) in [4.78, 5) is 0. The molecule has 72 valence electrons. The van der Waals surface area contributed by atoms with Crippen LogP contribution in [0.5, 0.6) is 0 Å². The summed E-state index contributed by atoms with van der Waals surface area (Å²) in [7, 11) is 0. The molecule has 0 unspecified atom stereocenters. The molecule has 0 bridgehead atoms. The molecule has 1 aromatic carbocycles. The van der Waals surface area contributed by atoms with Gasteiger partial charge in [-0.05, 0) is 0 Å². The number of hydrogen-bond acceptors (Lipinski definition) is 2. The van der Waals surface area contributed by atoms with E-state index in [4.69, 9.17) is 5.11 Å². The van der Waals surface area contributed by atoms with Crippen LogP contribution in [0.2, 0.25) is 0 Å². The third-order valence-electron chi connectivity index (χ3n) is 1.42. The van der Waals surface area contributed by atoms with Gasteiger partial charge in [0.1, 0.15) is 5.82 Å². The summed E-state index contributed by atoms with van der Waals surface area (Å²) in [6, 6.07) is 1.29. The second-order valence-electron chi connectivity index (χ2n) is 2.40. The highest BCUT2D eigenvalue weighted by Gasteiger charge is 2.09.